The number of nitrogens with one attached hydrogen (secondary N) is 1. The van der Waals surface area contributed by atoms with Gasteiger partial charge in [0, 0.05) is 5.38 Å². The molecule has 8 heteroatoms. The van der Waals surface area contributed by atoms with Gasteiger partial charge in [0.1, 0.15) is 0 Å². The molecule has 0 saturated heterocycles. The molecule has 0 fully saturated rings. The third-order valence-corrected chi connectivity index (χ3v) is 2.88. The molecule has 0 radical (unpaired) electrons. The van der Waals surface area contributed by atoms with E-state index >= 15 is 0 Å². The fourth-order valence-corrected chi connectivity index (χ4v) is 1.87. The fourth-order valence-electron chi connectivity index (χ4n) is 1.26. The lowest BCUT2D eigenvalue weighted by Crippen LogP contribution is -2.07. The van der Waals surface area contributed by atoms with E-state index in [1.165, 1.54) is 14.2 Å². The maximum atomic E-state index is 4.96. The number of thiazole rings is 1. The summed E-state index contributed by atoms with van der Waals surface area (Å²) in [6.07, 6.45) is 0. The lowest BCUT2D eigenvalue weighted by atomic mass is 10.5. The lowest BCUT2D eigenvalue weighted by molar-refractivity contribution is 0.341. The maximum absolute atomic E-state index is 4.96. The molecule has 0 bridgehead atoms. The minimum absolute atomic E-state index is 0.207. The summed E-state index contributed by atoms with van der Waals surface area (Å²) in [5.41, 5.74) is 0.941. The zero-order valence-electron chi connectivity index (χ0n) is 10.3. The predicted molar refractivity (Wildman–Crippen MR) is 67.1 cm³/mol. The molecule has 2 rings (SSSR count). The lowest BCUT2D eigenvalue weighted by Gasteiger charge is -2.06. The van der Waals surface area contributed by atoms with E-state index in [1.54, 1.807) is 11.3 Å². The van der Waals surface area contributed by atoms with Crippen molar-refractivity contribution in [1.82, 2.24) is 19.9 Å². The van der Waals surface area contributed by atoms with Crippen LogP contribution in [0.3, 0.4) is 0 Å². The van der Waals surface area contributed by atoms with E-state index in [4.69, 9.17) is 9.47 Å². The minimum atomic E-state index is 0.207. The Morgan fingerprint density at radius 1 is 1.11 bits per heavy atom. The van der Waals surface area contributed by atoms with Crippen LogP contribution < -0.4 is 14.8 Å². The number of rotatable bonds is 5. The van der Waals surface area contributed by atoms with Gasteiger partial charge in [-0.15, -0.1) is 16.3 Å². The molecule has 2 aromatic rings. The summed E-state index contributed by atoms with van der Waals surface area (Å²) in [5, 5.41) is 6.06. The van der Waals surface area contributed by atoms with Gasteiger partial charge in [-0.2, -0.15) is 9.97 Å². The maximum Gasteiger partial charge on any atom is 0.324 e. The Morgan fingerprint density at radius 3 is 2.28 bits per heavy atom. The average Bonchev–Trinajstić information content (AvgIpc) is 2.81. The van der Waals surface area contributed by atoms with Gasteiger partial charge >= 0.3 is 12.0 Å². The largest absolute Gasteiger partial charge is 0.467 e. The molecule has 0 aromatic carbocycles. The molecule has 0 amide bonds. The van der Waals surface area contributed by atoms with E-state index in [9.17, 15) is 0 Å². The number of hydrogen-bond acceptors (Lipinski definition) is 8. The summed E-state index contributed by atoms with van der Waals surface area (Å²) in [7, 11) is 2.98. The van der Waals surface area contributed by atoms with E-state index < -0.39 is 0 Å². The van der Waals surface area contributed by atoms with Gasteiger partial charge in [0.15, 0.2) is 0 Å². The number of aryl methyl sites for hydroxylation is 1. The fraction of sp³-hybridized carbons (Fsp3) is 0.400. The Bertz CT molecular complexity index is 508. The van der Waals surface area contributed by atoms with Crippen LogP contribution in [0.25, 0.3) is 0 Å². The van der Waals surface area contributed by atoms with Crippen LogP contribution in [-0.2, 0) is 6.54 Å². The van der Waals surface area contributed by atoms with Crippen LogP contribution in [0.1, 0.15) is 10.7 Å². The first-order valence-corrected chi connectivity index (χ1v) is 6.08. The minimum Gasteiger partial charge on any atom is -0.467 e. The molecule has 0 aliphatic heterocycles. The summed E-state index contributed by atoms with van der Waals surface area (Å²) < 4.78 is 9.92. The van der Waals surface area contributed by atoms with Crippen molar-refractivity contribution in [2.45, 2.75) is 13.5 Å². The van der Waals surface area contributed by atoms with E-state index in [0.717, 1.165) is 10.7 Å². The molecule has 1 N–H and O–H groups in total. The van der Waals surface area contributed by atoms with Crippen molar-refractivity contribution in [3.05, 3.63) is 16.1 Å². The molecule has 0 aliphatic rings. The highest BCUT2D eigenvalue weighted by Gasteiger charge is 2.07. The van der Waals surface area contributed by atoms with Crippen LogP contribution in [0.15, 0.2) is 5.38 Å². The number of ether oxygens (including phenoxy) is 2. The zero-order chi connectivity index (χ0) is 13.0. The number of methoxy groups -OCH3 is 2. The molecule has 7 nitrogen and oxygen atoms in total. The molecule has 0 atom stereocenters. The quantitative estimate of drug-likeness (QED) is 0.873. The van der Waals surface area contributed by atoms with Gasteiger partial charge in [0.05, 0.1) is 31.5 Å². The third-order valence-electron chi connectivity index (χ3n) is 2.05. The Hall–Kier alpha value is -1.96. The second-order valence-corrected chi connectivity index (χ2v) is 4.41. The van der Waals surface area contributed by atoms with Crippen molar-refractivity contribution < 1.29 is 9.47 Å². The Balaban J connectivity index is 2.08. The van der Waals surface area contributed by atoms with Gasteiger partial charge < -0.3 is 14.8 Å². The van der Waals surface area contributed by atoms with Gasteiger partial charge in [-0.25, -0.2) is 4.98 Å². The van der Waals surface area contributed by atoms with Crippen LogP contribution in [0, 0.1) is 6.92 Å². The molecule has 0 aliphatic carbocycles. The highest BCUT2D eigenvalue weighted by atomic mass is 32.1. The standard InChI is InChI=1S/C10H13N5O2S/c1-6-12-7(5-18-6)4-11-8-13-9(16-2)15-10(14-8)17-3/h5H,4H2,1-3H3,(H,11,13,14,15). The summed E-state index contributed by atoms with van der Waals surface area (Å²) >= 11 is 1.60. The first kappa shape index (κ1) is 12.5. The van der Waals surface area contributed by atoms with Crippen LogP contribution >= 0.6 is 11.3 Å². The SMILES string of the molecule is COc1nc(NCc2csc(C)n2)nc(OC)n1. The van der Waals surface area contributed by atoms with Crippen molar-refractivity contribution >= 4 is 17.3 Å². The summed E-state index contributed by atoms with van der Waals surface area (Å²) in [4.78, 5) is 16.4. The second-order valence-electron chi connectivity index (χ2n) is 3.34. The molecular formula is C10H13N5O2S. The number of aromatic nitrogens is 4. The zero-order valence-corrected chi connectivity index (χ0v) is 11.1. The van der Waals surface area contributed by atoms with Crippen LogP contribution in [-0.4, -0.2) is 34.2 Å². The Morgan fingerprint density at radius 2 is 1.78 bits per heavy atom. The number of hydrogen-bond donors (Lipinski definition) is 1. The van der Waals surface area contributed by atoms with Crippen molar-refractivity contribution in [3.63, 3.8) is 0 Å². The van der Waals surface area contributed by atoms with E-state index in [0.29, 0.717) is 12.5 Å². The summed E-state index contributed by atoms with van der Waals surface area (Å²) in [5.74, 6) is 0.393. The molecule has 0 unspecified atom stereocenters. The van der Waals surface area contributed by atoms with Crippen molar-refractivity contribution in [2.24, 2.45) is 0 Å². The topological polar surface area (TPSA) is 82.0 Å². The Kier molecular flexibility index (Phi) is 3.88. The smallest absolute Gasteiger partial charge is 0.324 e. The predicted octanol–water partition coefficient (Wildman–Crippen LogP) is 1.27. The molecular weight excluding hydrogens is 254 g/mol. The third kappa shape index (κ3) is 3.04. The summed E-state index contributed by atoms with van der Waals surface area (Å²) in [6.45, 7) is 2.50. The van der Waals surface area contributed by atoms with Gasteiger partial charge in [-0.3, -0.25) is 0 Å². The highest BCUT2D eigenvalue weighted by Crippen LogP contribution is 2.13. The molecule has 96 valence electrons. The molecule has 18 heavy (non-hydrogen) atoms. The van der Waals surface area contributed by atoms with Crippen LogP contribution in [0.5, 0.6) is 12.0 Å². The molecule has 2 heterocycles. The van der Waals surface area contributed by atoms with E-state index in [2.05, 4.69) is 25.3 Å². The Labute approximate surface area is 108 Å². The van der Waals surface area contributed by atoms with E-state index in [1.807, 2.05) is 12.3 Å². The van der Waals surface area contributed by atoms with Gasteiger partial charge in [0.2, 0.25) is 5.95 Å². The molecule has 2 aromatic heterocycles. The van der Waals surface area contributed by atoms with Crippen molar-refractivity contribution in [2.75, 3.05) is 19.5 Å². The van der Waals surface area contributed by atoms with Crippen LogP contribution in [0.2, 0.25) is 0 Å². The molecule has 0 spiro atoms. The van der Waals surface area contributed by atoms with E-state index in [-0.39, 0.29) is 12.0 Å². The molecule has 0 saturated carbocycles. The van der Waals surface area contributed by atoms with Gasteiger partial charge in [-0.05, 0) is 6.92 Å². The number of anilines is 1. The van der Waals surface area contributed by atoms with Gasteiger partial charge in [0.25, 0.3) is 0 Å². The monoisotopic (exact) mass is 267 g/mol. The average molecular weight is 267 g/mol. The van der Waals surface area contributed by atoms with Crippen molar-refractivity contribution in [3.8, 4) is 12.0 Å². The first-order valence-electron chi connectivity index (χ1n) is 5.20. The normalized spacial score (nSPS) is 10.2. The van der Waals surface area contributed by atoms with Gasteiger partial charge in [-0.1, -0.05) is 0 Å². The first-order chi connectivity index (χ1) is 8.71. The number of nitrogens with zero attached hydrogens (tertiary/aromatic N) is 4. The highest BCUT2D eigenvalue weighted by molar-refractivity contribution is 7.09. The second kappa shape index (κ2) is 5.58. The summed E-state index contributed by atoms with van der Waals surface area (Å²) in [6, 6.07) is 0.414. The van der Waals surface area contributed by atoms with Crippen molar-refractivity contribution in [1.29, 1.82) is 0 Å². The van der Waals surface area contributed by atoms with Crippen LogP contribution in [0.4, 0.5) is 5.95 Å².